The standard InChI is InChI=1S/C20H26O/c1-4-5-12-17(2)20(21-3,18-13-8-6-9-14-18)19-15-10-7-11-16-19/h6-11,13-17H,4-5,12H2,1-3H3/t17-/m0/s1. The molecule has 0 aromatic heterocycles. The number of benzene rings is 2. The van der Waals surface area contributed by atoms with Crippen molar-refractivity contribution in [2.75, 3.05) is 7.11 Å². The minimum absolute atomic E-state index is 0.363. The maximum atomic E-state index is 6.17. The third-order valence-electron chi connectivity index (χ3n) is 4.41. The van der Waals surface area contributed by atoms with Crippen molar-refractivity contribution in [1.82, 2.24) is 0 Å². The second kappa shape index (κ2) is 7.42. The van der Waals surface area contributed by atoms with Crippen molar-refractivity contribution >= 4 is 0 Å². The van der Waals surface area contributed by atoms with E-state index in [1.165, 1.54) is 24.0 Å². The van der Waals surface area contributed by atoms with Crippen LogP contribution < -0.4 is 0 Å². The first-order valence-corrected chi connectivity index (χ1v) is 7.92. The molecule has 0 aliphatic carbocycles. The van der Waals surface area contributed by atoms with Crippen LogP contribution in [0.1, 0.15) is 44.2 Å². The summed E-state index contributed by atoms with van der Waals surface area (Å²) in [7, 11) is 1.84. The zero-order chi connectivity index (χ0) is 15.1. The summed E-state index contributed by atoms with van der Waals surface area (Å²) in [5, 5.41) is 0. The summed E-state index contributed by atoms with van der Waals surface area (Å²) in [5.74, 6) is 0.423. The Labute approximate surface area is 129 Å². The second-order valence-corrected chi connectivity index (χ2v) is 5.72. The van der Waals surface area contributed by atoms with E-state index in [2.05, 4.69) is 74.5 Å². The molecule has 0 saturated carbocycles. The van der Waals surface area contributed by atoms with Crippen molar-refractivity contribution < 1.29 is 4.74 Å². The van der Waals surface area contributed by atoms with Gasteiger partial charge in [-0.2, -0.15) is 0 Å². The fourth-order valence-corrected chi connectivity index (χ4v) is 3.26. The Morgan fingerprint density at radius 3 is 1.76 bits per heavy atom. The molecular weight excluding hydrogens is 256 g/mol. The van der Waals surface area contributed by atoms with E-state index in [-0.39, 0.29) is 5.60 Å². The molecule has 21 heavy (non-hydrogen) atoms. The van der Waals surface area contributed by atoms with Crippen molar-refractivity contribution in [3.05, 3.63) is 71.8 Å². The average molecular weight is 282 g/mol. The van der Waals surface area contributed by atoms with Gasteiger partial charge in [-0.15, -0.1) is 0 Å². The molecule has 0 saturated heterocycles. The van der Waals surface area contributed by atoms with Crippen LogP contribution in [0.15, 0.2) is 60.7 Å². The molecule has 2 aromatic rings. The third kappa shape index (κ3) is 3.19. The molecule has 1 nitrogen and oxygen atoms in total. The van der Waals surface area contributed by atoms with Crippen LogP contribution >= 0.6 is 0 Å². The molecule has 2 rings (SSSR count). The van der Waals surface area contributed by atoms with Crippen molar-refractivity contribution in [3.8, 4) is 0 Å². The van der Waals surface area contributed by atoms with Crippen LogP contribution in [0, 0.1) is 5.92 Å². The topological polar surface area (TPSA) is 9.23 Å². The summed E-state index contributed by atoms with van der Waals surface area (Å²) >= 11 is 0. The molecule has 0 bridgehead atoms. The minimum atomic E-state index is -0.363. The highest BCUT2D eigenvalue weighted by molar-refractivity contribution is 5.37. The Balaban J connectivity index is 2.51. The fraction of sp³-hybridized carbons (Fsp3) is 0.400. The highest BCUT2D eigenvalue weighted by Crippen LogP contribution is 2.42. The van der Waals surface area contributed by atoms with Crippen molar-refractivity contribution in [2.45, 2.75) is 38.7 Å². The lowest BCUT2D eigenvalue weighted by molar-refractivity contribution is -0.0269. The monoisotopic (exact) mass is 282 g/mol. The van der Waals surface area contributed by atoms with E-state index in [9.17, 15) is 0 Å². The molecular formula is C20H26O. The molecule has 2 aromatic carbocycles. The first kappa shape index (κ1) is 15.8. The predicted molar refractivity (Wildman–Crippen MR) is 89.4 cm³/mol. The molecule has 0 radical (unpaired) electrons. The Morgan fingerprint density at radius 1 is 0.905 bits per heavy atom. The van der Waals surface area contributed by atoms with Crippen LogP contribution in [0.25, 0.3) is 0 Å². The quantitative estimate of drug-likeness (QED) is 0.660. The number of hydrogen-bond acceptors (Lipinski definition) is 1. The molecule has 1 heteroatoms. The minimum Gasteiger partial charge on any atom is -0.368 e. The number of hydrogen-bond donors (Lipinski definition) is 0. The van der Waals surface area contributed by atoms with Gasteiger partial charge in [0.2, 0.25) is 0 Å². The van der Waals surface area contributed by atoms with Gasteiger partial charge in [-0.1, -0.05) is 87.4 Å². The second-order valence-electron chi connectivity index (χ2n) is 5.72. The highest BCUT2D eigenvalue weighted by atomic mass is 16.5. The van der Waals surface area contributed by atoms with Gasteiger partial charge in [0.25, 0.3) is 0 Å². The van der Waals surface area contributed by atoms with E-state index in [1.54, 1.807) is 0 Å². The SMILES string of the molecule is CCCC[C@H](C)C(OC)(c1ccccc1)c1ccccc1. The largest absolute Gasteiger partial charge is 0.368 e. The van der Waals surface area contributed by atoms with Gasteiger partial charge in [0.05, 0.1) is 0 Å². The number of ether oxygens (including phenoxy) is 1. The molecule has 0 aliphatic rings. The summed E-state index contributed by atoms with van der Waals surface area (Å²) in [6, 6.07) is 21.2. The molecule has 0 amide bonds. The molecule has 0 heterocycles. The van der Waals surface area contributed by atoms with Gasteiger partial charge in [0, 0.05) is 7.11 Å². The maximum absolute atomic E-state index is 6.17. The Morgan fingerprint density at radius 2 is 1.38 bits per heavy atom. The van der Waals surface area contributed by atoms with E-state index in [4.69, 9.17) is 4.74 Å². The molecule has 0 unspecified atom stereocenters. The lowest BCUT2D eigenvalue weighted by Gasteiger charge is -2.39. The Kier molecular flexibility index (Phi) is 5.58. The zero-order valence-corrected chi connectivity index (χ0v) is 13.4. The summed E-state index contributed by atoms with van der Waals surface area (Å²) in [4.78, 5) is 0. The highest BCUT2D eigenvalue weighted by Gasteiger charge is 2.39. The summed E-state index contributed by atoms with van der Waals surface area (Å²) in [6.45, 7) is 4.55. The smallest absolute Gasteiger partial charge is 0.120 e. The van der Waals surface area contributed by atoms with E-state index in [0.717, 1.165) is 6.42 Å². The Bertz CT molecular complexity index is 479. The van der Waals surface area contributed by atoms with Gasteiger partial charge in [0.15, 0.2) is 0 Å². The normalized spacial score (nSPS) is 13.1. The van der Waals surface area contributed by atoms with Crippen LogP contribution in [0.4, 0.5) is 0 Å². The summed E-state index contributed by atoms with van der Waals surface area (Å²) in [5.41, 5.74) is 2.11. The number of rotatable bonds is 7. The number of unbranched alkanes of at least 4 members (excludes halogenated alkanes) is 1. The van der Waals surface area contributed by atoms with E-state index in [0.29, 0.717) is 5.92 Å². The van der Waals surface area contributed by atoms with Crippen LogP contribution in [-0.4, -0.2) is 7.11 Å². The van der Waals surface area contributed by atoms with E-state index in [1.807, 2.05) is 7.11 Å². The zero-order valence-electron chi connectivity index (χ0n) is 13.4. The van der Waals surface area contributed by atoms with E-state index >= 15 is 0 Å². The molecule has 112 valence electrons. The summed E-state index contributed by atoms with van der Waals surface area (Å²) < 4.78 is 6.17. The van der Waals surface area contributed by atoms with E-state index < -0.39 is 0 Å². The van der Waals surface area contributed by atoms with Gasteiger partial charge in [0.1, 0.15) is 5.60 Å². The van der Waals surface area contributed by atoms with Gasteiger partial charge >= 0.3 is 0 Å². The first-order chi connectivity index (χ1) is 10.3. The third-order valence-corrected chi connectivity index (χ3v) is 4.41. The molecule has 0 spiro atoms. The van der Waals surface area contributed by atoms with Gasteiger partial charge < -0.3 is 4.74 Å². The number of methoxy groups -OCH3 is 1. The van der Waals surface area contributed by atoms with Gasteiger partial charge in [-0.25, -0.2) is 0 Å². The molecule has 0 aliphatic heterocycles. The fourth-order valence-electron chi connectivity index (χ4n) is 3.26. The maximum Gasteiger partial charge on any atom is 0.120 e. The first-order valence-electron chi connectivity index (χ1n) is 7.92. The van der Waals surface area contributed by atoms with Crippen molar-refractivity contribution in [1.29, 1.82) is 0 Å². The van der Waals surface area contributed by atoms with Crippen LogP contribution in [0.5, 0.6) is 0 Å². The van der Waals surface area contributed by atoms with Crippen LogP contribution in [0.2, 0.25) is 0 Å². The van der Waals surface area contributed by atoms with Crippen LogP contribution in [0.3, 0.4) is 0 Å². The van der Waals surface area contributed by atoms with Gasteiger partial charge in [-0.05, 0) is 23.5 Å². The van der Waals surface area contributed by atoms with Crippen molar-refractivity contribution in [3.63, 3.8) is 0 Å². The summed E-state index contributed by atoms with van der Waals surface area (Å²) in [6.07, 6.45) is 3.60. The van der Waals surface area contributed by atoms with Crippen molar-refractivity contribution in [2.24, 2.45) is 5.92 Å². The predicted octanol–water partition coefficient (Wildman–Crippen LogP) is 5.40. The lowest BCUT2D eigenvalue weighted by Crippen LogP contribution is -2.37. The molecule has 0 fully saturated rings. The Hall–Kier alpha value is -1.60. The molecule has 1 atom stereocenters. The van der Waals surface area contributed by atoms with Crippen LogP contribution in [-0.2, 0) is 10.3 Å². The lowest BCUT2D eigenvalue weighted by atomic mass is 9.74. The van der Waals surface area contributed by atoms with Gasteiger partial charge in [-0.3, -0.25) is 0 Å². The average Bonchev–Trinajstić information content (AvgIpc) is 2.56. The molecule has 0 N–H and O–H groups in total.